The molecule has 1 aromatic heterocycles. The highest BCUT2D eigenvalue weighted by molar-refractivity contribution is 7.93. The fourth-order valence-corrected chi connectivity index (χ4v) is 3.21. The third-order valence-electron chi connectivity index (χ3n) is 4.67. The predicted octanol–water partition coefficient (Wildman–Crippen LogP) is 3.29. The number of rotatable bonds is 8. The van der Waals surface area contributed by atoms with Gasteiger partial charge < -0.3 is 10.1 Å². The van der Waals surface area contributed by atoms with Crippen LogP contribution < -0.4 is 10.1 Å². The quantitative estimate of drug-likeness (QED) is 0.710. The highest BCUT2D eigenvalue weighted by Crippen LogP contribution is 2.47. The number of amides is 1. The second-order valence-electron chi connectivity index (χ2n) is 7.83. The average molecular weight is 416 g/mol. The van der Waals surface area contributed by atoms with Gasteiger partial charge in [-0.1, -0.05) is 31.2 Å². The minimum Gasteiger partial charge on any atom is -0.438 e. The summed E-state index contributed by atoms with van der Waals surface area (Å²) in [5.74, 6) is 0.944. The summed E-state index contributed by atoms with van der Waals surface area (Å²) in [6, 6.07) is 8.61. The standard InChI is InChI=1S/C21H25N3O4S/c1-15(9-12-29(3,26)27)23-19(25)17-14-22-18(13-21(2)10-11-21)24-20(17)28-16-7-5-4-6-8-16/h4-9,12,14-15H,10-11,13H2,1-3H3,(H,23,25). The third kappa shape index (κ3) is 6.39. The van der Waals surface area contributed by atoms with Crippen LogP contribution in [0.3, 0.4) is 0 Å². The number of para-hydroxylation sites is 1. The van der Waals surface area contributed by atoms with Gasteiger partial charge in [-0.05, 0) is 37.3 Å². The Labute approximate surface area is 171 Å². The van der Waals surface area contributed by atoms with Gasteiger partial charge in [-0.25, -0.2) is 13.4 Å². The third-order valence-corrected chi connectivity index (χ3v) is 5.32. The van der Waals surface area contributed by atoms with Crippen LogP contribution in [0.4, 0.5) is 0 Å². The molecule has 0 spiro atoms. The van der Waals surface area contributed by atoms with Crippen LogP contribution in [0.25, 0.3) is 0 Å². The Bertz CT molecular complexity index is 1020. The highest BCUT2D eigenvalue weighted by Gasteiger charge is 2.38. The molecule has 1 amide bonds. The zero-order valence-corrected chi connectivity index (χ0v) is 17.6. The number of benzene rings is 1. The number of sulfone groups is 1. The van der Waals surface area contributed by atoms with Crippen LogP contribution in [0.5, 0.6) is 11.6 Å². The number of nitrogens with one attached hydrogen (secondary N) is 1. The van der Waals surface area contributed by atoms with E-state index in [-0.39, 0.29) is 16.9 Å². The summed E-state index contributed by atoms with van der Waals surface area (Å²) in [6.45, 7) is 3.87. The van der Waals surface area contributed by atoms with Gasteiger partial charge in [0.2, 0.25) is 5.88 Å². The van der Waals surface area contributed by atoms with Crippen molar-refractivity contribution in [1.82, 2.24) is 15.3 Å². The molecule has 0 bridgehead atoms. The van der Waals surface area contributed by atoms with Crippen LogP contribution in [0, 0.1) is 5.41 Å². The molecule has 1 heterocycles. The Balaban J connectivity index is 1.83. The van der Waals surface area contributed by atoms with E-state index in [0.717, 1.165) is 30.9 Å². The van der Waals surface area contributed by atoms with Crippen molar-refractivity contribution in [2.45, 2.75) is 39.2 Å². The molecule has 3 rings (SSSR count). The molecule has 1 aliphatic carbocycles. The fraction of sp³-hybridized carbons (Fsp3) is 0.381. The summed E-state index contributed by atoms with van der Waals surface area (Å²) in [4.78, 5) is 21.6. The van der Waals surface area contributed by atoms with Crippen molar-refractivity contribution >= 4 is 15.7 Å². The number of carbonyl (C=O) groups excluding carboxylic acids is 1. The lowest BCUT2D eigenvalue weighted by molar-refractivity contribution is 0.0943. The Hall–Kier alpha value is -2.74. The monoisotopic (exact) mass is 415 g/mol. The summed E-state index contributed by atoms with van der Waals surface area (Å²) in [5, 5.41) is 3.79. The van der Waals surface area contributed by atoms with Crippen molar-refractivity contribution in [3.63, 3.8) is 0 Å². The first kappa shape index (κ1) is 21.0. The molecular formula is C21H25N3O4S. The second kappa shape index (κ2) is 8.32. The van der Waals surface area contributed by atoms with Crippen molar-refractivity contribution in [2.24, 2.45) is 5.41 Å². The molecule has 1 N–H and O–H groups in total. The zero-order valence-electron chi connectivity index (χ0n) is 16.8. The van der Waals surface area contributed by atoms with Gasteiger partial charge in [0.15, 0.2) is 9.84 Å². The normalized spacial score (nSPS) is 16.4. The fourth-order valence-electron chi connectivity index (χ4n) is 2.68. The van der Waals surface area contributed by atoms with Gasteiger partial charge in [0.1, 0.15) is 17.1 Å². The SMILES string of the molecule is CC(C=CS(C)(=O)=O)NC(=O)c1cnc(CC2(C)CC2)nc1Oc1ccccc1. The van der Waals surface area contributed by atoms with E-state index in [1.165, 1.54) is 12.3 Å². The van der Waals surface area contributed by atoms with Crippen molar-refractivity contribution in [1.29, 1.82) is 0 Å². The van der Waals surface area contributed by atoms with E-state index in [1.54, 1.807) is 19.1 Å². The van der Waals surface area contributed by atoms with Crippen LogP contribution in [0.15, 0.2) is 48.0 Å². The van der Waals surface area contributed by atoms with Crippen LogP contribution >= 0.6 is 0 Å². The average Bonchev–Trinajstić information content (AvgIpc) is 3.37. The minimum atomic E-state index is -3.27. The van der Waals surface area contributed by atoms with Gasteiger partial charge in [0, 0.05) is 30.3 Å². The van der Waals surface area contributed by atoms with Gasteiger partial charge >= 0.3 is 0 Å². The molecule has 2 aromatic rings. The zero-order chi connectivity index (χ0) is 21.1. The van der Waals surface area contributed by atoms with Gasteiger partial charge in [-0.2, -0.15) is 4.98 Å². The van der Waals surface area contributed by atoms with Crippen molar-refractivity contribution in [2.75, 3.05) is 6.26 Å². The summed E-state index contributed by atoms with van der Waals surface area (Å²) in [7, 11) is -3.27. The molecular weight excluding hydrogens is 390 g/mol. The molecule has 1 aromatic carbocycles. The molecule has 0 aliphatic heterocycles. The molecule has 154 valence electrons. The number of ether oxygens (including phenoxy) is 1. The molecule has 1 fully saturated rings. The maximum atomic E-state index is 12.7. The van der Waals surface area contributed by atoms with E-state index < -0.39 is 21.8 Å². The van der Waals surface area contributed by atoms with Crippen LogP contribution in [-0.4, -0.2) is 36.6 Å². The summed E-state index contributed by atoms with van der Waals surface area (Å²) in [5.41, 5.74) is 0.414. The van der Waals surface area contributed by atoms with E-state index in [1.807, 2.05) is 18.2 Å². The van der Waals surface area contributed by atoms with Crippen molar-refractivity contribution < 1.29 is 17.9 Å². The van der Waals surface area contributed by atoms with E-state index in [2.05, 4.69) is 22.2 Å². The molecule has 0 saturated heterocycles. The van der Waals surface area contributed by atoms with E-state index in [0.29, 0.717) is 11.6 Å². The minimum absolute atomic E-state index is 0.183. The molecule has 8 heteroatoms. The number of hydrogen-bond donors (Lipinski definition) is 1. The van der Waals surface area contributed by atoms with Crippen molar-refractivity contribution in [3.05, 3.63) is 59.4 Å². The Morgan fingerprint density at radius 1 is 1.31 bits per heavy atom. The first-order valence-electron chi connectivity index (χ1n) is 9.41. The van der Waals surface area contributed by atoms with Crippen LogP contribution in [0.2, 0.25) is 0 Å². The smallest absolute Gasteiger partial charge is 0.258 e. The maximum absolute atomic E-state index is 12.7. The molecule has 1 aliphatic rings. The summed E-state index contributed by atoms with van der Waals surface area (Å²) < 4.78 is 28.4. The molecule has 1 atom stereocenters. The number of nitrogens with zero attached hydrogens (tertiary/aromatic N) is 2. The van der Waals surface area contributed by atoms with Gasteiger partial charge in [0.25, 0.3) is 5.91 Å². The number of carbonyl (C=O) groups is 1. The Morgan fingerprint density at radius 3 is 2.62 bits per heavy atom. The first-order chi connectivity index (χ1) is 13.6. The molecule has 1 unspecified atom stereocenters. The lowest BCUT2D eigenvalue weighted by atomic mass is 10.1. The number of aromatic nitrogens is 2. The molecule has 29 heavy (non-hydrogen) atoms. The van der Waals surface area contributed by atoms with Crippen LogP contribution in [-0.2, 0) is 16.3 Å². The van der Waals surface area contributed by atoms with Gasteiger partial charge in [-0.15, -0.1) is 0 Å². The Morgan fingerprint density at radius 2 is 2.00 bits per heavy atom. The predicted molar refractivity (Wildman–Crippen MR) is 111 cm³/mol. The lowest BCUT2D eigenvalue weighted by Crippen LogP contribution is -2.31. The van der Waals surface area contributed by atoms with E-state index >= 15 is 0 Å². The van der Waals surface area contributed by atoms with E-state index in [4.69, 9.17) is 4.74 Å². The Kier molecular flexibility index (Phi) is 6.02. The number of hydrogen-bond acceptors (Lipinski definition) is 6. The first-order valence-corrected chi connectivity index (χ1v) is 11.4. The highest BCUT2D eigenvalue weighted by atomic mass is 32.2. The molecule has 1 saturated carbocycles. The second-order valence-corrected chi connectivity index (χ2v) is 9.76. The van der Waals surface area contributed by atoms with Crippen molar-refractivity contribution in [3.8, 4) is 11.6 Å². The lowest BCUT2D eigenvalue weighted by Gasteiger charge is -2.14. The van der Waals surface area contributed by atoms with Crippen LogP contribution in [0.1, 0.15) is 42.9 Å². The maximum Gasteiger partial charge on any atom is 0.258 e. The summed E-state index contributed by atoms with van der Waals surface area (Å²) in [6.07, 6.45) is 6.97. The van der Waals surface area contributed by atoms with E-state index in [9.17, 15) is 13.2 Å². The largest absolute Gasteiger partial charge is 0.438 e. The van der Waals surface area contributed by atoms with Gasteiger partial charge in [-0.3, -0.25) is 4.79 Å². The molecule has 7 nitrogen and oxygen atoms in total. The molecule has 0 radical (unpaired) electrons. The van der Waals surface area contributed by atoms with Gasteiger partial charge in [0.05, 0.1) is 0 Å². The summed E-state index contributed by atoms with van der Waals surface area (Å²) >= 11 is 0. The topological polar surface area (TPSA) is 98.2 Å².